The zero-order chi connectivity index (χ0) is 16.9. The molecule has 3 aromatic rings. The molecule has 24 heavy (non-hydrogen) atoms. The molecule has 0 atom stereocenters. The molecule has 3 rings (SSSR count). The average Bonchev–Trinajstić information content (AvgIpc) is 3.10. The highest BCUT2D eigenvalue weighted by Crippen LogP contribution is 2.30. The van der Waals surface area contributed by atoms with Crippen molar-refractivity contribution >= 4 is 5.97 Å². The molecule has 6 heteroatoms. The summed E-state index contributed by atoms with van der Waals surface area (Å²) in [5.41, 5.74) is 1.39. The number of ether oxygens (including phenoxy) is 2. The summed E-state index contributed by atoms with van der Waals surface area (Å²) in [7, 11) is 1.41. The molecule has 6 nitrogen and oxygen atoms in total. The summed E-state index contributed by atoms with van der Waals surface area (Å²) in [6.07, 6.45) is 0. The maximum atomic E-state index is 12.1. The van der Waals surface area contributed by atoms with Crippen molar-refractivity contribution in [1.82, 2.24) is 5.16 Å². The lowest BCUT2D eigenvalue weighted by molar-refractivity contribution is 0.0460. The monoisotopic (exact) mass is 325 g/mol. The molecule has 0 aliphatic rings. The Morgan fingerprint density at radius 2 is 1.96 bits per heavy atom. The third-order valence-corrected chi connectivity index (χ3v) is 3.41. The van der Waals surface area contributed by atoms with Gasteiger partial charge in [-0.2, -0.15) is 0 Å². The van der Waals surface area contributed by atoms with Gasteiger partial charge in [0, 0.05) is 11.6 Å². The highest BCUT2D eigenvalue weighted by atomic mass is 16.5. The molecule has 1 heterocycles. The Morgan fingerprint density at radius 1 is 1.17 bits per heavy atom. The van der Waals surface area contributed by atoms with E-state index in [-0.39, 0.29) is 23.7 Å². The van der Waals surface area contributed by atoms with Crippen LogP contribution in [0.25, 0.3) is 11.3 Å². The van der Waals surface area contributed by atoms with Crippen LogP contribution in [-0.4, -0.2) is 23.3 Å². The number of hydrogen-bond donors (Lipinski definition) is 1. The van der Waals surface area contributed by atoms with Crippen molar-refractivity contribution in [2.75, 3.05) is 7.11 Å². The van der Waals surface area contributed by atoms with Gasteiger partial charge in [-0.3, -0.25) is 0 Å². The van der Waals surface area contributed by atoms with Gasteiger partial charge in [0.2, 0.25) is 0 Å². The molecule has 0 aliphatic carbocycles. The molecule has 0 unspecified atom stereocenters. The summed E-state index contributed by atoms with van der Waals surface area (Å²) in [6.45, 7) is -0.0637. The largest absolute Gasteiger partial charge is 0.504 e. The van der Waals surface area contributed by atoms with Gasteiger partial charge in [0.1, 0.15) is 17.9 Å². The van der Waals surface area contributed by atoms with Crippen LogP contribution >= 0.6 is 0 Å². The van der Waals surface area contributed by atoms with Crippen LogP contribution in [0.4, 0.5) is 0 Å². The van der Waals surface area contributed by atoms with Gasteiger partial charge in [-0.1, -0.05) is 41.6 Å². The minimum atomic E-state index is -0.671. The minimum Gasteiger partial charge on any atom is -0.504 e. The Balaban J connectivity index is 1.68. The van der Waals surface area contributed by atoms with Gasteiger partial charge < -0.3 is 19.1 Å². The molecule has 0 spiro atoms. The van der Waals surface area contributed by atoms with Crippen LogP contribution < -0.4 is 4.74 Å². The Morgan fingerprint density at radius 3 is 2.71 bits per heavy atom. The number of carbonyl (C=O) groups is 1. The third kappa shape index (κ3) is 3.22. The predicted molar refractivity (Wildman–Crippen MR) is 85.7 cm³/mol. The lowest BCUT2D eigenvalue weighted by Gasteiger charge is -2.07. The van der Waals surface area contributed by atoms with Gasteiger partial charge in [0.05, 0.1) is 7.11 Å². The van der Waals surface area contributed by atoms with Crippen molar-refractivity contribution in [1.29, 1.82) is 0 Å². The number of para-hydroxylation sites is 1. The molecular weight excluding hydrogens is 310 g/mol. The number of aromatic hydroxyl groups is 1. The van der Waals surface area contributed by atoms with E-state index in [1.165, 1.54) is 13.2 Å². The highest BCUT2D eigenvalue weighted by Gasteiger charge is 2.17. The first-order valence-corrected chi connectivity index (χ1v) is 7.23. The fraction of sp³-hybridized carbons (Fsp3) is 0.111. The number of methoxy groups -OCH3 is 1. The zero-order valence-electron chi connectivity index (χ0n) is 12.9. The topological polar surface area (TPSA) is 81.8 Å². The first-order valence-electron chi connectivity index (χ1n) is 7.23. The zero-order valence-corrected chi connectivity index (χ0v) is 12.9. The molecule has 0 amide bonds. The van der Waals surface area contributed by atoms with E-state index in [0.717, 1.165) is 5.56 Å². The number of rotatable bonds is 5. The number of aromatic nitrogens is 1. The maximum absolute atomic E-state index is 12.1. The molecule has 0 radical (unpaired) electrons. The van der Waals surface area contributed by atoms with E-state index < -0.39 is 5.97 Å². The van der Waals surface area contributed by atoms with Gasteiger partial charge in [-0.05, 0) is 12.1 Å². The fourth-order valence-corrected chi connectivity index (χ4v) is 2.19. The summed E-state index contributed by atoms with van der Waals surface area (Å²) in [4.78, 5) is 12.1. The van der Waals surface area contributed by atoms with Crippen molar-refractivity contribution in [3.63, 3.8) is 0 Å². The number of hydrogen-bond acceptors (Lipinski definition) is 6. The van der Waals surface area contributed by atoms with Crippen LogP contribution in [0.5, 0.6) is 11.5 Å². The van der Waals surface area contributed by atoms with Gasteiger partial charge in [-0.25, -0.2) is 4.79 Å². The second-order valence-corrected chi connectivity index (χ2v) is 4.98. The normalized spacial score (nSPS) is 10.4. The van der Waals surface area contributed by atoms with Crippen LogP contribution in [-0.2, 0) is 11.3 Å². The fourth-order valence-electron chi connectivity index (χ4n) is 2.19. The summed E-state index contributed by atoms with van der Waals surface area (Å²) in [5.74, 6) is -0.131. The minimum absolute atomic E-state index is 0.0288. The number of carbonyl (C=O) groups excluding carboxylic acids is 1. The molecule has 0 aliphatic heterocycles. The number of esters is 1. The maximum Gasteiger partial charge on any atom is 0.342 e. The van der Waals surface area contributed by atoms with E-state index in [2.05, 4.69) is 5.16 Å². The van der Waals surface area contributed by atoms with E-state index in [9.17, 15) is 9.90 Å². The van der Waals surface area contributed by atoms with Gasteiger partial charge >= 0.3 is 5.97 Å². The van der Waals surface area contributed by atoms with Crippen LogP contribution in [0.1, 0.15) is 16.1 Å². The number of benzene rings is 2. The molecule has 1 aromatic heterocycles. The first kappa shape index (κ1) is 15.6. The number of nitrogens with zero attached hydrogens (tertiary/aromatic N) is 1. The van der Waals surface area contributed by atoms with Crippen LogP contribution in [0.2, 0.25) is 0 Å². The molecule has 0 fully saturated rings. The molecule has 0 saturated carbocycles. The number of phenols is 1. The molecule has 0 bridgehead atoms. The summed E-state index contributed by atoms with van der Waals surface area (Å²) >= 11 is 0. The standard InChI is InChI=1S/C18H15NO5/c1-22-15-9-5-8-14(17(15)20)18(21)23-11-13-10-16(24-19-13)12-6-3-2-4-7-12/h2-10,20H,11H2,1H3. The van der Waals surface area contributed by atoms with E-state index in [0.29, 0.717) is 11.5 Å². The molecule has 122 valence electrons. The van der Waals surface area contributed by atoms with Crippen LogP contribution in [0.15, 0.2) is 59.1 Å². The van der Waals surface area contributed by atoms with Crippen molar-refractivity contribution in [2.45, 2.75) is 6.61 Å². The summed E-state index contributed by atoms with van der Waals surface area (Å²) in [6, 6.07) is 15.8. The van der Waals surface area contributed by atoms with Crippen LogP contribution in [0, 0.1) is 0 Å². The Bertz CT molecular complexity index is 842. The van der Waals surface area contributed by atoms with Crippen molar-refractivity contribution in [2.24, 2.45) is 0 Å². The Kier molecular flexibility index (Phi) is 4.47. The SMILES string of the molecule is COc1cccc(C(=O)OCc2cc(-c3ccccc3)on2)c1O. The lowest BCUT2D eigenvalue weighted by Crippen LogP contribution is -2.06. The Hall–Kier alpha value is -3.28. The predicted octanol–water partition coefficient (Wildman–Crippen LogP) is 3.41. The molecule has 0 saturated heterocycles. The van der Waals surface area contributed by atoms with Crippen molar-refractivity contribution in [3.05, 3.63) is 65.9 Å². The van der Waals surface area contributed by atoms with E-state index in [4.69, 9.17) is 14.0 Å². The molecule has 1 N–H and O–H groups in total. The summed E-state index contributed by atoms with van der Waals surface area (Å²) < 4.78 is 15.4. The van der Waals surface area contributed by atoms with Gasteiger partial charge in [-0.15, -0.1) is 0 Å². The van der Waals surface area contributed by atoms with Crippen molar-refractivity contribution < 1.29 is 23.9 Å². The highest BCUT2D eigenvalue weighted by molar-refractivity contribution is 5.93. The molecular formula is C18H15NO5. The van der Waals surface area contributed by atoms with Gasteiger partial charge in [0.25, 0.3) is 0 Å². The quantitative estimate of drug-likeness (QED) is 0.724. The van der Waals surface area contributed by atoms with E-state index in [1.54, 1.807) is 18.2 Å². The second kappa shape index (κ2) is 6.87. The van der Waals surface area contributed by atoms with Crippen LogP contribution in [0.3, 0.4) is 0 Å². The van der Waals surface area contributed by atoms with Gasteiger partial charge in [0.15, 0.2) is 17.3 Å². The average molecular weight is 325 g/mol. The second-order valence-electron chi connectivity index (χ2n) is 4.98. The smallest absolute Gasteiger partial charge is 0.342 e. The first-order chi connectivity index (χ1) is 11.7. The van der Waals surface area contributed by atoms with E-state index in [1.807, 2.05) is 30.3 Å². The lowest BCUT2D eigenvalue weighted by atomic mass is 10.1. The van der Waals surface area contributed by atoms with Crippen molar-refractivity contribution in [3.8, 4) is 22.8 Å². The summed E-state index contributed by atoms with van der Waals surface area (Å²) in [5, 5.41) is 13.8. The molecule has 2 aromatic carbocycles. The van der Waals surface area contributed by atoms with E-state index >= 15 is 0 Å². The Labute approximate surface area is 138 Å². The number of phenolic OH excluding ortho intramolecular Hbond substituents is 1. The third-order valence-electron chi connectivity index (χ3n) is 3.41.